The SMILES string of the molecule is CC(C)(C)n1nc(CCC=O)cc1-c1cccs1. The molecular weight excluding hydrogens is 244 g/mol. The monoisotopic (exact) mass is 262 g/mol. The van der Waals surface area contributed by atoms with Gasteiger partial charge in [-0.2, -0.15) is 5.10 Å². The van der Waals surface area contributed by atoms with Gasteiger partial charge in [-0.15, -0.1) is 11.3 Å². The molecule has 0 bridgehead atoms. The van der Waals surface area contributed by atoms with Crippen molar-refractivity contribution in [2.24, 2.45) is 0 Å². The van der Waals surface area contributed by atoms with Gasteiger partial charge >= 0.3 is 0 Å². The Kier molecular flexibility index (Phi) is 3.66. The third-order valence-electron chi connectivity index (χ3n) is 2.69. The van der Waals surface area contributed by atoms with Gasteiger partial charge in [0, 0.05) is 6.42 Å². The molecule has 0 fully saturated rings. The minimum atomic E-state index is -0.0568. The van der Waals surface area contributed by atoms with E-state index in [9.17, 15) is 4.79 Å². The average Bonchev–Trinajstić information content (AvgIpc) is 2.93. The van der Waals surface area contributed by atoms with Crippen molar-refractivity contribution in [3.05, 3.63) is 29.3 Å². The van der Waals surface area contributed by atoms with E-state index in [1.807, 2.05) is 6.07 Å². The highest BCUT2D eigenvalue weighted by molar-refractivity contribution is 7.13. The number of aromatic nitrogens is 2. The van der Waals surface area contributed by atoms with Crippen LogP contribution in [0, 0.1) is 0 Å². The fourth-order valence-corrected chi connectivity index (χ4v) is 2.60. The summed E-state index contributed by atoms with van der Waals surface area (Å²) >= 11 is 1.71. The fourth-order valence-electron chi connectivity index (χ4n) is 1.87. The van der Waals surface area contributed by atoms with Crippen LogP contribution in [-0.2, 0) is 16.8 Å². The van der Waals surface area contributed by atoms with E-state index in [-0.39, 0.29) is 5.54 Å². The number of nitrogens with zero attached hydrogens (tertiary/aromatic N) is 2. The quantitative estimate of drug-likeness (QED) is 0.790. The smallest absolute Gasteiger partial charge is 0.120 e. The number of hydrogen-bond donors (Lipinski definition) is 0. The van der Waals surface area contributed by atoms with Gasteiger partial charge in [0.2, 0.25) is 0 Å². The summed E-state index contributed by atoms with van der Waals surface area (Å²) in [6.45, 7) is 6.42. The first kappa shape index (κ1) is 13.0. The second-order valence-corrected chi connectivity index (χ2v) is 6.23. The molecule has 0 spiro atoms. The first-order valence-corrected chi connectivity index (χ1v) is 6.97. The van der Waals surface area contributed by atoms with Gasteiger partial charge in [0.1, 0.15) is 6.29 Å². The Bertz CT molecular complexity index is 520. The number of hydrogen-bond acceptors (Lipinski definition) is 3. The molecule has 2 aromatic heterocycles. The van der Waals surface area contributed by atoms with E-state index < -0.39 is 0 Å². The van der Waals surface area contributed by atoms with Crippen molar-refractivity contribution >= 4 is 17.6 Å². The highest BCUT2D eigenvalue weighted by Gasteiger charge is 2.20. The van der Waals surface area contributed by atoms with Gasteiger partial charge in [0.05, 0.1) is 21.8 Å². The lowest BCUT2D eigenvalue weighted by Crippen LogP contribution is -2.24. The standard InChI is InChI=1S/C14H18N2OS/c1-14(2,3)16-12(13-7-5-9-18-13)10-11(15-16)6-4-8-17/h5,7-10H,4,6H2,1-3H3. The van der Waals surface area contributed by atoms with Crippen LogP contribution in [-0.4, -0.2) is 16.1 Å². The molecule has 0 unspecified atom stereocenters. The molecule has 96 valence electrons. The topological polar surface area (TPSA) is 34.9 Å². The normalized spacial score (nSPS) is 11.7. The van der Waals surface area contributed by atoms with Gasteiger partial charge in [-0.25, -0.2) is 0 Å². The largest absolute Gasteiger partial charge is 0.303 e. The number of aldehydes is 1. The molecule has 0 radical (unpaired) electrons. The Morgan fingerprint density at radius 1 is 1.44 bits per heavy atom. The van der Waals surface area contributed by atoms with Gasteiger partial charge in [0.25, 0.3) is 0 Å². The molecule has 0 atom stereocenters. The van der Waals surface area contributed by atoms with Gasteiger partial charge in [0.15, 0.2) is 0 Å². The van der Waals surface area contributed by atoms with Crippen LogP contribution in [0.15, 0.2) is 23.6 Å². The number of carbonyl (C=O) groups is 1. The van der Waals surface area contributed by atoms with Crippen LogP contribution < -0.4 is 0 Å². The lowest BCUT2D eigenvalue weighted by molar-refractivity contribution is -0.107. The summed E-state index contributed by atoms with van der Waals surface area (Å²) < 4.78 is 2.05. The molecule has 18 heavy (non-hydrogen) atoms. The number of thiophene rings is 1. The van der Waals surface area contributed by atoms with Crippen LogP contribution in [0.25, 0.3) is 10.6 Å². The van der Waals surface area contributed by atoms with Gasteiger partial charge in [-0.1, -0.05) is 6.07 Å². The maximum Gasteiger partial charge on any atom is 0.120 e. The van der Waals surface area contributed by atoms with E-state index >= 15 is 0 Å². The maximum absolute atomic E-state index is 10.5. The van der Waals surface area contributed by atoms with Crippen molar-refractivity contribution in [2.45, 2.75) is 39.2 Å². The Morgan fingerprint density at radius 3 is 2.78 bits per heavy atom. The van der Waals surface area contributed by atoms with E-state index in [1.165, 1.54) is 4.88 Å². The molecule has 3 nitrogen and oxygen atoms in total. The summed E-state index contributed by atoms with van der Waals surface area (Å²) in [5.41, 5.74) is 2.07. The highest BCUT2D eigenvalue weighted by Crippen LogP contribution is 2.30. The van der Waals surface area contributed by atoms with E-state index in [4.69, 9.17) is 0 Å². The summed E-state index contributed by atoms with van der Waals surface area (Å²) in [7, 11) is 0. The van der Waals surface area contributed by atoms with Crippen LogP contribution in [0.3, 0.4) is 0 Å². The zero-order chi connectivity index (χ0) is 13.2. The molecule has 0 saturated heterocycles. The van der Waals surface area contributed by atoms with E-state index in [1.54, 1.807) is 11.3 Å². The Labute approximate surface area is 111 Å². The summed E-state index contributed by atoms with van der Waals surface area (Å²) in [5, 5.41) is 6.71. The molecule has 2 aromatic rings. The van der Waals surface area contributed by atoms with Crippen LogP contribution in [0.4, 0.5) is 0 Å². The van der Waals surface area contributed by atoms with Crippen LogP contribution >= 0.6 is 11.3 Å². The summed E-state index contributed by atoms with van der Waals surface area (Å²) in [6.07, 6.45) is 2.19. The number of rotatable bonds is 4. The second kappa shape index (κ2) is 5.06. The molecule has 0 aliphatic carbocycles. The minimum Gasteiger partial charge on any atom is -0.303 e. The molecular formula is C14H18N2OS. The third kappa shape index (κ3) is 2.70. The molecule has 2 heterocycles. The predicted molar refractivity (Wildman–Crippen MR) is 74.9 cm³/mol. The molecule has 0 N–H and O–H groups in total. The van der Waals surface area contributed by atoms with Gasteiger partial charge in [-0.05, 0) is 44.7 Å². The van der Waals surface area contributed by atoms with Crippen molar-refractivity contribution in [1.29, 1.82) is 0 Å². The van der Waals surface area contributed by atoms with Crippen LogP contribution in [0.1, 0.15) is 32.9 Å². The molecule has 0 saturated carbocycles. The summed E-state index contributed by atoms with van der Waals surface area (Å²) in [4.78, 5) is 11.7. The summed E-state index contributed by atoms with van der Waals surface area (Å²) in [5.74, 6) is 0. The zero-order valence-corrected chi connectivity index (χ0v) is 11.8. The number of aryl methyl sites for hydroxylation is 1. The molecule has 4 heteroatoms. The lowest BCUT2D eigenvalue weighted by Gasteiger charge is -2.22. The predicted octanol–water partition coefficient (Wildman–Crippen LogP) is 3.50. The summed E-state index contributed by atoms with van der Waals surface area (Å²) in [6, 6.07) is 6.25. The minimum absolute atomic E-state index is 0.0568. The zero-order valence-electron chi connectivity index (χ0n) is 11.0. The fraction of sp³-hybridized carbons (Fsp3) is 0.429. The first-order chi connectivity index (χ1) is 8.52. The maximum atomic E-state index is 10.5. The molecule has 2 rings (SSSR count). The van der Waals surface area contributed by atoms with Crippen LogP contribution in [0.5, 0.6) is 0 Å². The average molecular weight is 262 g/mol. The van der Waals surface area contributed by atoms with Crippen molar-refractivity contribution in [2.75, 3.05) is 0 Å². The molecule has 0 amide bonds. The first-order valence-electron chi connectivity index (χ1n) is 6.09. The van der Waals surface area contributed by atoms with Gasteiger partial charge in [-0.3, -0.25) is 4.68 Å². The molecule has 0 aliphatic rings. The van der Waals surface area contributed by atoms with Crippen LogP contribution in [0.2, 0.25) is 0 Å². The van der Waals surface area contributed by atoms with Crippen molar-refractivity contribution in [1.82, 2.24) is 9.78 Å². The Morgan fingerprint density at radius 2 is 2.22 bits per heavy atom. The number of carbonyl (C=O) groups excluding carboxylic acids is 1. The Balaban J connectivity index is 2.43. The van der Waals surface area contributed by atoms with Crippen molar-refractivity contribution in [3.63, 3.8) is 0 Å². The van der Waals surface area contributed by atoms with Crippen molar-refractivity contribution in [3.8, 4) is 10.6 Å². The Hall–Kier alpha value is -1.42. The molecule has 0 aromatic carbocycles. The second-order valence-electron chi connectivity index (χ2n) is 5.29. The highest BCUT2D eigenvalue weighted by atomic mass is 32.1. The third-order valence-corrected chi connectivity index (χ3v) is 3.58. The van der Waals surface area contributed by atoms with E-state index in [0.717, 1.165) is 17.7 Å². The van der Waals surface area contributed by atoms with E-state index in [0.29, 0.717) is 12.8 Å². The molecule has 0 aliphatic heterocycles. The van der Waals surface area contributed by atoms with E-state index in [2.05, 4.69) is 48.1 Å². The lowest BCUT2D eigenvalue weighted by atomic mass is 10.1. The van der Waals surface area contributed by atoms with Crippen molar-refractivity contribution < 1.29 is 4.79 Å². The van der Waals surface area contributed by atoms with Gasteiger partial charge < -0.3 is 4.79 Å².